The van der Waals surface area contributed by atoms with E-state index in [0.717, 1.165) is 22.6 Å². The minimum absolute atomic E-state index is 0.0374. The predicted molar refractivity (Wildman–Crippen MR) is 209 cm³/mol. The molecule has 0 spiro atoms. The van der Waals surface area contributed by atoms with Crippen molar-refractivity contribution in [3.05, 3.63) is 95.1 Å². The number of ether oxygens (including phenoxy) is 2. The van der Waals surface area contributed by atoms with Crippen molar-refractivity contribution in [2.24, 2.45) is 0 Å². The van der Waals surface area contributed by atoms with Gasteiger partial charge >= 0.3 is 0 Å². The number of hydrogen-bond acceptors (Lipinski definition) is 9. The highest BCUT2D eigenvalue weighted by Gasteiger charge is 2.34. The number of benzene rings is 4. The largest absolute Gasteiger partial charge is 0.394 e. The van der Waals surface area contributed by atoms with Gasteiger partial charge in [0.15, 0.2) is 0 Å². The lowest BCUT2D eigenvalue weighted by molar-refractivity contribution is 0.0254. The predicted octanol–water partition coefficient (Wildman–Crippen LogP) is 5.59. The lowest BCUT2D eigenvalue weighted by Crippen LogP contribution is -2.45. The summed E-state index contributed by atoms with van der Waals surface area (Å²) in [6.07, 6.45) is 0.782. The van der Waals surface area contributed by atoms with E-state index in [1.807, 2.05) is 83.3 Å². The Morgan fingerprint density at radius 1 is 0.528 bits per heavy atom. The van der Waals surface area contributed by atoms with E-state index in [1.165, 1.54) is 9.80 Å². The molecule has 4 aromatic rings. The fraction of sp³-hybridized carbons (Fsp3) is 0.429. The van der Waals surface area contributed by atoms with Crippen LogP contribution >= 0.6 is 0 Å². The van der Waals surface area contributed by atoms with Gasteiger partial charge in [-0.15, -0.1) is 0 Å². The highest BCUT2D eigenvalue weighted by molar-refractivity contribution is 6.26. The SMILES string of the molecule is CC.CC.CN(CCCN(CCOCCOCCO)CCN1C(=O)c2cccc3cccc(c23)C1=O)CCN1C(=O)c2cccc3cccc(c23)C1=O. The molecule has 1 N–H and O–H groups in total. The molecule has 2 aliphatic heterocycles. The molecule has 2 aliphatic rings. The van der Waals surface area contributed by atoms with E-state index in [4.69, 9.17) is 14.6 Å². The molecule has 11 nitrogen and oxygen atoms in total. The highest BCUT2D eigenvalue weighted by atomic mass is 16.5. The molecule has 6 rings (SSSR count). The van der Waals surface area contributed by atoms with Crippen molar-refractivity contribution < 1.29 is 33.8 Å². The maximum atomic E-state index is 13.5. The molecule has 4 aromatic carbocycles. The Morgan fingerprint density at radius 3 is 1.38 bits per heavy atom. The minimum atomic E-state index is -0.285. The number of hydrogen-bond donors (Lipinski definition) is 1. The number of nitrogens with zero attached hydrogens (tertiary/aromatic N) is 4. The molecule has 2 heterocycles. The second kappa shape index (κ2) is 20.6. The quantitative estimate of drug-likeness (QED) is 0.103. The van der Waals surface area contributed by atoms with Gasteiger partial charge in [-0.2, -0.15) is 0 Å². The van der Waals surface area contributed by atoms with Crippen molar-refractivity contribution in [3.63, 3.8) is 0 Å². The molecule has 11 heteroatoms. The molecule has 0 fully saturated rings. The van der Waals surface area contributed by atoms with Crippen molar-refractivity contribution in [3.8, 4) is 0 Å². The molecule has 0 atom stereocenters. The Bertz CT molecular complexity index is 1760. The summed E-state index contributed by atoms with van der Waals surface area (Å²) in [6, 6.07) is 22.1. The summed E-state index contributed by atoms with van der Waals surface area (Å²) in [7, 11) is 1.97. The molecular weight excluding hydrogens is 672 g/mol. The molecule has 0 unspecified atom stereocenters. The number of carbonyl (C=O) groups is 4. The van der Waals surface area contributed by atoms with Gasteiger partial charge in [0.25, 0.3) is 23.6 Å². The van der Waals surface area contributed by atoms with E-state index < -0.39 is 0 Å². The summed E-state index contributed by atoms with van der Waals surface area (Å²) in [5, 5.41) is 12.1. The topological polar surface area (TPSA) is 120 Å². The first-order valence-electron chi connectivity index (χ1n) is 18.8. The van der Waals surface area contributed by atoms with Gasteiger partial charge in [-0.3, -0.25) is 33.9 Å². The number of aliphatic hydroxyl groups is 1. The number of aliphatic hydroxyl groups excluding tert-OH is 1. The Balaban J connectivity index is 0.00000152. The first-order valence-corrected chi connectivity index (χ1v) is 18.8. The number of amides is 4. The molecule has 0 bridgehead atoms. The Kier molecular flexibility index (Phi) is 16.1. The smallest absolute Gasteiger partial charge is 0.261 e. The number of carbonyl (C=O) groups excluding carboxylic acids is 4. The summed E-state index contributed by atoms with van der Waals surface area (Å²) in [5.41, 5.74) is 2.19. The van der Waals surface area contributed by atoms with Crippen LogP contribution < -0.4 is 0 Å². The van der Waals surface area contributed by atoms with Crippen LogP contribution in [-0.4, -0.2) is 134 Å². The van der Waals surface area contributed by atoms with Crippen molar-refractivity contribution in [1.29, 1.82) is 0 Å². The maximum absolute atomic E-state index is 13.5. The summed E-state index contributed by atoms with van der Waals surface area (Å²) in [6.45, 7) is 13.0. The fourth-order valence-electron chi connectivity index (χ4n) is 6.67. The van der Waals surface area contributed by atoms with Crippen LogP contribution in [0.1, 0.15) is 75.5 Å². The van der Waals surface area contributed by atoms with Gasteiger partial charge in [0, 0.05) is 65.8 Å². The van der Waals surface area contributed by atoms with Gasteiger partial charge in [0.2, 0.25) is 0 Å². The van der Waals surface area contributed by atoms with E-state index in [0.29, 0.717) is 80.2 Å². The molecule has 4 amide bonds. The zero-order chi connectivity index (χ0) is 38.3. The fourth-order valence-corrected chi connectivity index (χ4v) is 6.67. The molecule has 53 heavy (non-hydrogen) atoms. The first kappa shape index (κ1) is 41.2. The zero-order valence-corrected chi connectivity index (χ0v) is 31.8. The van der Waals surface area contributed by atoms with Crippen molar-refractivity contribution in [2.75, 3.05) is 85.9 Å². The molecule has 284 valence electrons. The normalized spacial score (nSPS) is 13.5. The Morgan fingerprint density at radius 2 is 0.943 bits per heavy atom. The third-order valence-electron chi connectivity index (χ3n) is 9.23. The number of likely N-dealkylation sites (N-methyl/N-ethyl adjacent to an activating group) is 1. The maximum Gasteiger partial charge on any atom is 0.261 e. The van der Waals surface area contributed by atoms with E-state index in [1.54, 1.807) is 24.3 Å². The van der Waals surface area contributed by atoms with Crippen molar-refractivity contribution in [1.82, 2.24) is 19.6 Å². The van der Waals surface area contributed by atoms with Crippen LogP contribution in [0, 0.1) is 0 Å². The zero-order valence-electron chi connectivity index (χ0n) is 31.8. The summed E-state index contributed by atoms with van der Waals surface area (Å²) in [4.78, 5) is 60.5. The lowest BCUT2D eigenvalue weighted by Gasteiger charge is -2.31. The molecule has 0 aliphatic carbocycles. The van der Waals surface area contributed by atoms with Gasteiger partial charge in [-0.1, -0.05) is 76.2 Å². The second-order valence-corrected chi connectivity index (χ2v) is 12.4. The van der Waals surface area contributed by atoms with Crippen LogP contribution in [-0.2, 0) is 9.47 Å². The average molecular weight is 727 g/mol. The van der Waals surface area contributed by atoms with Crippen LogP contribution in [0.15, 0.2) is 72.8 Å². The highest BCUT2D eigenvalue weighted by Crippen LogP contribution is 2.31. The van der Waals surface area contributed by atoms with Gasteiger partial charge < -0.3 is 19.5 Å². The molecule has 0 saturated heterocycles. The molecular formula is C42H54N4O7. The van der Waals surface area contributed by atoms with Gasteiger partial charge in [0.1, 0.15) is 0 Å². The Hall–Kier alpha value is -4.52. The van der Waals surface area contributed by atoms with Crippen LogP contribution in [0.4, 0.5) is 0 Å². The average Bonchev–Trinajstić information content (AvgIpc) is 3.19. The van der Waals surface area contributed by atoms with Gasteiger partial charge in [-0.05, 0) is 61.6 Å². The Labute approximate surface area is 313 Å². The first-order chi connectivity index (χ1) is 25.9. The standard InChI is InChI=1S/C38H42N4O7.2C2H6/c1-39(17-19-41-35(44)29-11-2-7-27-8-3-12-30(33(27)29)36(41)45)15-6-16-40(21-23-48-25-26-49-24-22-43)18-20-42-37(46)31-13-4-9-28-10-5-14-32(34(28)31)38(42)47;2*1-2/h2-5,7-14,43H,6,15-26H2,1H3;2*1-2H3. The number of imide groups is 2. The third-order valence-corrected chi connectivity index (χ3v) is 9.23. The number of rotatable bonds is 18. The van der Waals surface area contributed by atoms with Crippen LogP contribution in [0.25, 0.3) is 21.5 Å². The van der Waals surface area contributed by atoms with E-state index in [9.17, 15) is 19.2 Å². The second-order valence-electron chi connectivity index (χ2n) is 12.4. The van der Waals surface area contributed by atoms with E-state index in [2.05, 4.69) is 9.80 Å². The summed E-state index contributed by atoms with van der Waals surface area (Å²) < 4.78 is 11.0. The third kappa shape index (κ3) is 9.73. The van der Waals surface area contributed by atoms with E-state index >= 15 is 0 Å². The monoisotopic (exact) mass is 726 g/mol. The molecule has 0 radical (unpaired) electrons. The van der Waals surface area contributed by atoms with Crippen molar-refractivity contribution in [2.45, 2.75) is 34.1 Å². The van der Waals surface area contributed by atoms with Crippen LogP contribution in [0.5, 0.6) is 0 Å². The van der Waals surface area contributed by atoms with Crippen molar-refractivity contribution >= 4 is 45.2 Å². The molecule has 0 saturated carbocycles. The molecule has 0 aromatic heterocycles. The van der Waals surface area contributed by atoms with E-state index in [-0.39, 0.29) is 49.9 Å². The van der Waals surface area contributed by atoms with Gasteiger partial charge in [-0.25, -0.2) is 0 Å². The minimum Gasteiger partial charge on any atom is -0.394 e. The van der Waals surface area contributed by atoms with Gasteiger partial charge in [0.05, 0.1) is 33.0 Å². The lowest BCUT2D eigenvalue weighted by atomic mass is 9.94. The van der Waals surface area contributed by atoms with Crippen LogP contribution in [0.2, 0.25) is 0 Å². The van der Waals surface area contributed by atoms with Crippen LogP contribution in [0.3, 0.4) is 0 Å². The summed E-state index contributed by atoms with van der Waals surface area (Å²) >= 11 is 0. The summed E-state index contributed by atoms with van der Waals surface area (Å²) in [5.74, 6) is -1.11.